The molecule has 5 nitrogen and oxygen atoms in total. The van der Waals surface area contributed by atoms with Crippen LogP contribution < -0.4 is 5.32 Å². The van der Waals surface area contributed by atoms with E-state index >= 15 is 0 Å². The van der Waals surface area contributed by atoms with Crippen molar-refractivity contribution in [3.63, 3.8) is 0 Å². The summed E-state index contributed by atoms with van der Waals surface area (Å²) in [5, 5.41) is 11.0. The van der Waals surface area contributed by atoms with Gasteiger partial charge in [0, 0.05) is 29.7 Å². The fourth-order valence-electron chi connectivity index (χ4n) is 2.93. The van der Waals surface area contributed by atoms with Crippen molar-refractivity contribution >= 4 is 22.5 Å². The molecule has 116 valence electrons. The van der Waals surface area contributed by atoms with Gasteiger partial charge in [-0.15, -0.1) is 0 Å². The maximum atomic E-state index is 14.1. The number of hydrogen-bond acceptors (Lipinski definition) is 3. The number of para-hydroxylation sites is 1. The predicted molar refractivity (Wildman–Crippen MR) is 85.7 cm³/mol. The van der Waals surface area contributed by atoms with Crippen molar-refractivity contribution in [2.75, 3.05) is 18.4 Å². The Hall–Kier alpha value is -2.89. The van der Waals surface area contributed by atoms with E-state index in [-0.39, 0.29) is 18.3 Å². The van der Waals surface area contributed by atoms with Crippen LogP contribution in [0, 0.1) is 5.82 Å². The number of hydrogen-bond donors (Lipinski definition) is 2. The summed E-state index contributed by atoms with van der Waals surface area (Å²) < 4.78 is 14.1. The van der Waals surface area contributed by atoms with Crippen molar-refractivity contribution < 1.29 is 9.18 Å². The van der Waals surface area contributed by atoms with Crippen molar-refractivity contribution in [3.05, 3.63) is 59.5 Å². The Morgan fingerprint density at radius 1 is 1.17 bits per heavy atom. The lowest BCUT2D eigenvalue weighted by Gasteiger charge is -2.19. The molecule has 0 aliphatic carbocycles. The normalized spacial score (nSPS) is 14.2. The number of nitrogens with zero attached hydrogens (tertiary/aromatic N) is 2. The van der Waals surface area contributed by atoms with Gasteiger partial charge in [-0.3, -0.25) is 9.89 Å². The maximum Gasteiger partial charge on any atom is 0.275 e. The molecule has 0 unspecified atom stereocenters. The molecule has 2 N–H and O–H groups in total. The van der Waals surface area contributed by atoms with Crippen molar-refractivity contribution in [1.29, 1.82) is 0 Å². The predicted octanol–water partition coefficient (Wildman–Crippen LogP) is 2.77. The summed E-state index contributed by atoms with van der Waals surface area (Å²) in [5.41, 5.74) is 2.45. The zero-order chi connectivity index (χ0) is 15.8. The van der Waals surface area contributed by atoms with Crippen LogP contribution in [0.4, 0.5) is 10.1 Å². The summed E-state index contributed by atoms with van der Waals surface area (Å²) >= 11 is 0. The third-order valence-electron chi connectivity index (χ3n) is 4.13. The second kappa shape index (κ2) is 5.39. The van der Waals surface area contributed by atoms with Gasteiger partial charge in [-0.05, 0) is 18.2 Å². The van der Waals surface area contributed by atoms with Gasteiger partial charge in [-0.25, -0.2) is 4.39 Å². The highest BCUT2D eigenvalue weighted by molar-refractivity contribution is 6.04. The van der Waals surface area contributed by atoms with Gasteiger partial charge in [0.25, 0.3) is 5.91 Å². The molecule has 1 amide bonds. The summed E-state index contributed by atoms with van der Waals surface area (Å²) in [7, 11) is 0. The van der Waals surface area contributed by atoms with Gasteiger partial charge < -0.3 is 10.2 Å². The van der Waals surface area contributed by atoms with E-state index in [1.807, 2.05) is 30.3 Å². The van der Waals surface area contributed by atoms with E-state index in [1.54, 1.807) is 11.0 Å². The van der Waals surface area contributed by atoms with E-state index in [0.29, 0.717) is 24.3 Å². The van der Waals surface area contributed by atoms with Gasteiger partial charge in [0.05, 0.1) is 12.1 Å². The number of aromatic amines is 1. The lowest BCUT2D eigenvalue weighted by Crippen LogP contribution is -2.33. The first-order chi connectivity index (χ1) is 11.2. The lowest BCUT2D eigenvalue weighted by molar-refractivity contribution is 0.0747. The Balaban J connectivity index is 1.70. The zero-order valence-corrected chi connectivity index (χ0v) is 12.3. The van der Waals surface area contributed by atoms with Gasteiger partial charge in [0.2, 0.25) is 0 Å². The molecule has 0 saturated heterocycles. The summed E-state index contributed by atoms with van der Waals surface area (Å²) in [6.07, 6.45) is 0. The number of anilines is 1. The Morgan fingerprint density at radius 3 is 2.96 bits per heavy atom. The van der Waals surface area contributed by atoms with Crippen LogP contribution in [0.5, 0.6) is 0 Å². The van der Waals surface area contributed by atoms with E-state index in [4.69, 9.17) is 0 Å². The topological polar surface area (TPSA) is 61.0 Å². The number of H-pyrrole nitrogens is 1. The fourth-order valence-corrected chi connectivity index (χ4v) is 2.93. The van der Waals surface area contributed by atoms with Crippen molar-refractivity contribution in [3.8, 4) is 0 Å². The van der Waals surface area contributed by atoms with Crippen LogP contribution in [0.25, 0.3) is 10.9 Å². The second-order valence-electron chi connectivity index (χ2n) is 5.54. The van der Waals surface area contributed by atoms with Crippen LogP contribution in [0.1, 0.15) is 16.1 Å². The van der Waals surface area contributed by atoms with Gasteiger partial charge in [-0.1, -0.05) is 24.3 Å². The van der Waals surface area contributed by atoms with Crippen molar-refractivity contribution in [2.45, 2.75) is 6.54 Å². The third-order valence-corrected chi connectivity index (χ3v) is 4.13. The van der Waals surface area contributed by atoms with Crippen molar-refractivity contribution in [1.82, 2.24) is 15.1 Å². The first-order valence-electron chi connectivity index (χ1n) is 7.47. The summed E-state index contributed by atoms with van der Waals surface area (Å²) in [5.74, 6) is -0.498. The zero-order valence-electron chi connectivity index (χ0n) is 12.3. The molecule has 3 aromatic rings. The number of amides is 1. The fraction of sp³-hybridized carbons (Fsp3) is 0.176. The molecule has 0 atom stereocenters. The van der Waals surface area contributed by atoms with Gasteiger partial charge in [0.15, 0.2) is 5.69 Å². The highest BCUT2D eigenvalue weighted by Crippen LogP contribution is 2.25. The number of carbonyl (C=O) groups excluding carboxylic acids is 1. The van der Waals surface area contributed by atoms with Gasteiger partial charge in [-0.2, -0.15) is 5.10 Å². The molecule has 2 aromatic carbocycles. The van der Waals surface area contributed by atoms with E-state index in [0.717, 1.165) is 16.6 Å². The molecule has 0 spiro atoms. The Bertz CT molecular complexity index is 889. The average Bonchev–Trinajstić information content (AvgIpc) is 2.87. The molecule has 6 heteroatoms. The molecular formula is C17H15FN4O. The number of nitrogens with one attached hydrogen (secondary N) is 2. The van der Waals surface area contributed by atoms with Gasteiger partial charge >= 0.3 is 0 Å². The van der Waals surface area contributed by atoms with Gasteiger partial charge in [0.1, 0.15) is 5.82 Å². The number of fused-ring (bicyclic) bond motifs is 2. The molecule has 4 rings (SSSR count). The lowest BCUT2D eigenvalue weighted by atomic mass is 10.1. The first kappa shape index (κ1) is 13.8. The maximum absolute atomic E-state index is 14.1. The Kier molecular flexibility index (Phi) is 3.22. The number of halogens is 1. The van der Waals surface area contributed by atoms with Crippen molar-refractivity contribution in [2.24, 2.45) is 0 Å². The minimum Gasteiger partial charge on any atom is -0.383 e. The molecule has 0 fully saturated rings. The Labute approximate surface area is 132 Å². The Morgan fingerprint density at radius 2 is 2.04 bits per heavy atom. The number of carbonyl (C=O) groups is 1. The third kappa shape index (κ3) is 2.32. The highest BCUT2D eigenvalue weighted by Gasteiger charge is 2.24. The molecule has 1 aliphatic heterocycles. The number of aromatic nitrogens is 2. The molecule has 0 bridgehead atoms. The molecular weight excluding hydrogens is 295 g/mol. The van der Waals surface area contributed by atoms with E-state index in [1.165, 1.54) is 6.07 Å². The largest absolute Gasteiger partial charge is 0.383 e. The summed E-state index contributed by atoms with van der Waals surface area (Å²) in [6.45, 7) is 1.30. The molecule has 0 saturated carbocycles. The average molecular weight is 310 g/mol. The number of benzene rings is 2. The van der Waals surface area contributed by atoms with Crippen LogP contribution in [0.3, 0.4) is 0 Å². The molecule has 0 radical (unpaired) electrons. The molecule has 1 aromatic heterocycles. The van der Waals surface area contributed by atoms with Crippen LogP contribution in [0.2, 0.25) is 0 Å². The molecule has 2 heterocycles. The SMILES string of the molecule is O=C(c1n[nH]c2ccccc12)N1CCNc2cccc(F)c2C1. The smallest absolute Gasteiger partial charge is 0.275 e. The van der Waals surface area contributed by atoms with Crippen LogP contribution in [-0.2, 0) is 6.54 Å². The summed E-state index contributed by atoms with van der Waals surface area (Å²) in [4.78, 5) is 14.5. The highest BCUT2D eigenvalue weighted by atomic mass is 19.1. The summed E-state index contributed by atoms with van der Waals surface area (Å²) in [6, 6.07) is 12.4. The minimum absolute atomic E-state index is 0.194. The van der Waals surface area contributed by atoms with Crippen LogP contribution in [0.15, 0.2) is 42.5 Å². The first-order valence-corrected chi connectivity index (χ1v) is 7.47. The van der Waals surface area contributed by atoms with E-state index < -0.39 is 0 Å². The molecule has 1 aliphatic rings. The number of rotatable bonds is 1. The minimum atomic E-state index is -0.304. The van der Waals surface area contributed by atoms with Crippen LogP contribution in [-0.4, -0.2) is 34.1 Å². The second-order valence-corrected chi connectivity index (χ2v) is 5.54. The van der Waals surface area contributed by atoms with E-state index in [2.05, 4.69) is 15.5 Å². The quantitative estimate of drug-likeness (QED) is 0.726. The molecule has 23 heavy (non-hydrogen) atoms. The monoisotopic (exact) mass is 310 g/mol. The standard InChI is InChI=1S/C17H15FN4O/c18-13-5-3-7-14-12(13)10-22(9-8-19-14)17(23)16-11-4-1-2-6-15(11)20-21-16/h1-7,19H,8-10H2,(H,20,21). The van der Waals surface area contributed by atoms with E-state index in [9.17, 15) is 9.18 Å². The van der Waals surface area contributed by atoms with Crippen LogP contribution >= 0.6 is 0 Å².